The topological polar surface area (TPSA) is 69.6 Å². The molecule has 1 saturated heterocycles. The van der Waals surface area contributed by atoms with Gasteiger partial charge in [-0.25, -0.2) is 9.59 Å². The molecule has 0 bridgehead atoms. The van der Waals surface area contributed by atoms with Gasteiger partial charge in [0.25, 0.3) is 0 Å². The van der Waals surface area contributed by atoms with E-state index in [2.05, 4.69) is 12.2 Å². The number of nitrogens with zero attached hydrogens (tertiary/aromatic N) is 1. The van der Waals surface area contributed by atoms with Crippen LogP contribution in [0.3, 0.4) is 0 Å². The van der Waals surface area contributed by atoms with Crippen molar-refractivity contribution in [3.63, 3.8) is 0 Å². The molecule has 2 rings (SSSR count). The first-order valence-corrected chi connectivity index (χ1v) is 7.78. The van der Waals surface area contributed by atoms with E-state index in [0.717, 1.165) is 18.8 Å². The number of hydrogen-bond acceptors (Lipinski definition) is 2. The zero-order valence-corrected chi connectivity index (χ0v) is 12.5. The molecule has 1 saturated carbocycles. The number of carbonyl (C=O) groups excluding carboxylic acids is 1. The first-order chi connectivity index (χ1) is 9.49. The molecule has 2 fully saturated rings. The molecule has 0 radical (unpaired) electrons. The predicted octanol–water partition coefficient (Wildman–Crippen LogP) is 2.46. The molecule has 0 aromatic rings. The molecular formula is C15H26N2O3. The van der Waals surface area contributed by atoms with Crippen LogP contribution in [0.1, 0.15) is 52.4 Å². The maximum Gasteiger partial charge on any atom is 0.329 e. The number of rotatable bonds is 4. The lowest BCUT2D eigenvalue weighted by atomic mass is 9.93. The fraction of sp³-hybridized carbons (Fsp3) is 0.867. The van der Waals surface area contributed by atoms with Crippen LogP contribution in [0.15, 0.2) is 0 Å². The van der Waals surface area contributed by atoms with Crippen LogP contribution in [0.4, 0.5) is 4.79 Å². The Balaban J connectivity index is 1.92. The summed E-state index contributed by atoms with van der Waals surface area (Å²) in [5.41, 5.74) is -0.993. The summed E-state index contributed by atoms with van der Waals surface area (Å²) in [6.07, 6.45) is 5.37. The SMILES string of the molecule is CCC1(C(=O)O)CCCN1C(=O)NCC1CCC(C)C1. The highest BCUT2D eigenvalue weighted by atomic mass is 16.4. The summed E-state index contributed by atoms with van der Waals surface area (Å²) in [5.74, 6) is 0.428. The molecule has 1 aliphatic carbocycles. The van der Waals surface area contributed by atoms with E-state index in [1.807, 2.05) is 6.92 Å². The zero-order chi connectivity index (χ0) is 14.8. The minimum Gasteiger partial charge on any atom is -0.479 e. The Kier molecular flexibility index (Phi) is 4.55. The van der Waals surface area contributed by atoms with E-state index < -0.39 is 11.5 Å². The van der Waals surface area contributed by atoms with Gasteiger partial charge in [-0.2, -0.15) is 0 Å². The van der Waals surface area contributed by atoms with Crippen molar-refractivity contribution in [2.75, 3.05) is 13.1 Å². The van der Waals surface area contributed by atoms with E-state index >= 15 is 0 Å². The van der Waals surface area contributed by atoms with Crippen LogP contribution in [0, 0.1) is 11.8 Å². The second-order valence-electron chi connectivity index (χ2n) is 6.42. The first-order valence-electron chi connectivity index (χ1n) is 7.78. The van der Waals surface area contributed by atoms with E-state index in [1.54, 1.807) is 0 Å². The van der Waals surface area contributed by atoms with Crippen molar-refractivity contribution in [3.05, 3.63) is 0 Å². The molecule has 0 aromatic carbocycles. The van der Waals surface area contributed by atoms with Gasteiger partial charge in [0.2, 0.25) is 0 Å². The van der Waals surface area contributed by atoms with Crippen molar-refractivity contribution in [1.82, 2.24) is 10.2 Å². The monoisotopic (exact) mass is 282 g/mol. The number of likely N-dealkylation sites (tertiary alicyclic amines) is 1. The number of amides is 2. The largest absolute Gasteiger partial charge is 0.479 e. The van der Waals surface area contributed by atoms with Crippen LogP contribution >= 0.6 is 0 Å². The van der Waals surface area contributed by atoms with Gasteiger partial charge in [-0.3, -0.25) is 0 Å². The number of nitrogens with one attached hydrogen (secondary N) is 1. The molecule has 5 nitrogen and oxygen atoms in total. The third kappa shape index (κ3) is 2.76. The van der Waals surface area contributed by atoms with Gasteiger partial charge in [-0.05, 0) is 43.9 Å². The number of aliphatic carboxylic acids is 1. The molecular weight excluding hydrogens is 256 g/mol. The van der Waals surface area contributed by atoms with Gasteiger partial charge in [0, 0.05) is 13.1 Å². The van der Waals surface area contributed by atoms with Crippen LogP contribution in [-0.4, -0.2) is 40.6 Å². The Bertz CT molecular complexity index is 385. The normalized spacial score (nSPS) is 33.4. The van der Waals surface area contributed by atoms with Gasteiger partial charge < -0.3 is 15.3 Å². The lowest BCUT2D eigenvalue weighted by molar-refractivity contribution is -0.148. The highest BCUT2D eigenvalue weighted by molar-refractivity contribution is 5.87. The third-order valence-electron chi connectivity index (χ3n) is 5.06. The quantitative estimate of drug-likeness (QED) is 0.832. The van der Waals surface area contributed by atoms with Crippen molar-refractivity contribution in [2.45, 2.75) is 57.9 Å². The summed E-state index contributed by atoms with van der Waals surface area (Å²) in [5, 5.41) is 12.4. The fourth-order valence-corrected chi connectivity index (χ4v) is 3.75. The minimum absolute atomic E-state index is 0.202. The number of urea groups is 1. The summed E-state index contributed by atoms with van der Waals surface area (Å²) in [6.45, 7) is 5.32. The summed E-state index contributed by atoms with van der Waals surface area (Å²) < 4.78 is 0. The van der Waals surface area contributed by atoms with Gasteiger partial charge in [0.15, 0.2) is 0 Å². The van der Waals surface area contributed by atoms with E-state index in [4.69, 9.17) is 0 Å². The van der Waals surface area contributed by atoms with Crippen molar-refractivity contribution < 1.29 is 14.7 Å². The Hall–Kier alpha value is -1.26. The van der Waals surface area contributed by atoms with Gasteiger partial charge in [0.1, 0.15) is 5.54 Å². The standard InChI is InChI=1S/C15H26N2O3/c1-3-15(13(18)19)7-4-8-17(15)14(20)16-10-12-6-5-11(2)9-12/h11-12H,3-10H2,1-2H3,(H,16,20)(H,18,19). The molecule has 20 heavy (non-hydrogen) atoms. The summed E-state index contributed by atoms with van der Waals surface area (Å²) in [4.78, 5) is 25.4. The average molecular weight is 282 g/mol. The Labute approximate surface area is 120 Å². The third-order valence-corrected chi connectivity index (χ3v) is 5.06. The van der Waals surface area contributed by atoms with Crippen LogP contribution in [-0.2, 0) is 4.79 Å². The van der Waals surface area contributed by atoms with Crippen molar-refractivity contribution in [3.8, 4) is 0 Å². The summed E-state index contributed by atoms with van der Waals surface area (Å²) in [6, 6.07) is -0.202. The molecule has 2 N–H and O–H groups in total. The summed E-state index contributed by atoms with van der Waals surface area (Å²) >= 11 is 0. The van der Waals surface area contributed by atoms with Gasteiger partial charge >= 0.3 is 12.0 Å². The zero-order valence-electron chi connectivity index (χ0n) is 12.5. The molecule has 1 heterocycles. The van der Waals surface area contributed by atoms with Gasteiger partial charge in [0.05, 0.1) is 0 Å². The van der Waals surface area contributed by atoms with Crippen LogP contribution in [0.5, 0.6) is 0 Å². The number of carbonyl (C=O) groups is 2. The number of hydrogen-bond donors (Lipinski definition) is 2. The van der Waals surface area contributed by atoms with E-state index in [0.29, 0.717) is 31.8 Å². The maximum atomic E-state index is 12.3. The van der Waals surface area contributed by atoms with Gasteiger partial charge in [-0.15, -0.1) is 0 Å². The van der Waals surface area contributed by atoms with Crippen LogP contribution in [0.2, 0.25) is 0 Å². The number of carboxylic acid groups (broad SMARTS) is 1. The number of carboxylic acids is 1. The smallest absolute Gasteiger partial charge is 0.329 e. The second kappa shape index (κ2) is 6.02. The highest BCUT2D eigenvalue weighted by Crippen LogP contribution is 2.33. The fourth-order valence-electron chi connectivity index (χ4n) is 3.75. The summed E-state index contributed by atoms with van der Waals surface area (Å²) in [7, 11) is 0. The van der Waals surface area contributed by atoms with E-state index in [9.17, 15) is 14.7 Å². The van der Waals surface area contributed by atoms with Crippen molar-refractivity contribution in [2.24, 2.45) is 11.8 Å². The maximum absolute atomic E-state index is 12.3. The van der Waals surface area contributed by atoms with Crippen LogP contribution < -0.4 is 5.32 Å². The molecule has 5 heteroatoms. The van der Waals surface area contributed by atoms with E-state index in [-0.39, 0.29) is 6.03 Å². The molecule has 2 aliphatic rings. The Morgan fingerprint density at radius 3 is 2.70 bits per heavy atom. The molecule has 114 valence electrons. The average Bonchev–Trinajstić information content (AvgIpc) is 3.02. The first kappa shape index (κ1) is 15.1. The molecule has 0 spiro atoms. The van der Waals surface area contributed by atoms with E-state index in [1.165, 1.54) is 17.7 Å². The molecule has 1 aliphatic heterocycles. The molecule has 2 amide bonds. The van der Waals surface area contributed by atoms with Gasteiger partial charge in [-0.1, -0.05) is 20.3 Å². The molecule has 0 aromatic heterocycles. The lowest BCUT2D eigenvalue weighted by Crippen LogP contribution is -2.56. The van der Waals surface area contributed by atoms with Crippen LogP contribution in [0.25, 0.3) is 0 Å². The molecule has 3 atom stereocenters. The van der Waals surface area contributed by atoms with Crippen molar-refractivity contribution in [1.29, 1.82) is 0 Å². The minimum atomic E-state index is -0.993. The Morgan fingerprint density at radius 1 is 1.40 bits per heavy atom. The Morgan fingerprint density at radius 2 is 2.15 bits per heavy atom. The predicted molar refractivity (Wildman–Crippen MR) is 76.5 cm³/mol. The van der Waals surface area contributed by atoms with Crippen molar-refractivity contribution >= 4 is 12.0 Å². The lowest BCUT2D eigenvalue weighted by Gasteiger charge is -2.34. The second-order valence-corrected chi connectivity index (χ2v) is 6.42. The molecule has 3 unspecified atom stereocenters. The highest BCUT2D eigenvalue weighted by Gasteiger charge is 2.48.